The van der Waals surface area contributed by atoms with Crippen LogP contribution in [0.2, 0.25) is 0 Å². The van der Waals surface area contributed by atoms with Crippen LogP contribution in [0.1, 0.15) is 31.6 Å². The standard InChI is InChI=1S/C14H26N2O3S2/c1-4-9-15-10-7-13-5-6-14(20-13)21(17,18)16-12(2)8-11-19-3/h5-6,12,15-16H,4,7-11H2,1-3H3. The summed E-state index contributed by atoms with van der Waals surface area (Å²) in [6, 6.07) is 3.45. The zero-order chi connectivity index (χ0) is 15.7. The van der Waals surface area contributed by atoms with Gasteiger partial charge in [-0.15, -0.1) is 11.3 Å². The lowest BCUT2D eigenvalue weighted by Gasteiger charge is -2.12. The van der Waals surface area contributed by atoms with E-state index < -0.39 is 10.0 Å². The molecule has 1 rings (SSSR count). The molecule has 2 N–H and O–H groups in total. The van der Waals surface area contributed by atoms with Crippen LogP contribution in [0.5, 0.6) is 0 Å². The molecule has 0 aliphatic carbocycles. The van der Waals surface area contributed by atoms with Crippen molar-refractivity contribution in [1.82, 2.24) is 10.0 Å². The van der Waals surface area contributed by atoms with Gasteiger partial charge in [0.25, 0.3) is 0 Å². The van der Waals surface area contributed by atoms with E-state index in [2.05, 4.69) is 17.0 Å². The molecule has 122 valence electrons. The molecule has 7 heteroatoms. The number of sulfonamides is 1. The first-order valence-electron chi connectivity index (χ1n) is 7.30. The molecular weight excluding hydrogens is 308 g/mol. The molecule has 0 aliphatic heterocycles. The highest BCUT2D eigenvalue weighted by Crippen LogP contribution is 2.22. The third-order valence-electron chi connectivity index (χ3n) is 2.99. The van der Waals surface area contributed by atoms with Crippen molar-refractivity contribution in [1.29, 1.82) is 0 Å². The highest BCUT2D eigenvalue weighted by atomic mass is 32.2. The van der Waals surface area contributed by atoms with Gasteiger partial charge in [0, 0.05) is 24.6 Å². The first-order chi connectivity index (χ1) is 9.99. The van der Waals surface area contributed by atoms with Crippen LogP contribution in [0.4, 0.5) is 0 Å². The van der Waals surface area contributed by atoms with Crippen LogP contribution in [0.15, 0.2) is 16.3 Å². The number of nitrogens with one attached hydrogen (secondary N) is 2. The van der Waals surface area contributed by atoms with E-state index in [0.717, 1.165) is 30.8 Å². The van der Waals surface area contributed by atoms with E-state index in [4.69, 9.17) is 4.74 Å². The lowest BCUT2D eigenvalue weighted by Crippen LogP contribution is -2.32. The molecule has 1 atom stereocenters. The van der Waals surface area contributed by atoms with Gasteiger partial charge in [-0.2, -0.15) is 0 Å². The summed E-state index contributed by atoms with van der Waals surface area (Å²) >= 11 is 1.34. The molecule has 5 nitrogen and oxygen atoms in total. The second kappa shape index (κ2) is 9.53. The molecule has 0 radical (unpaired) electrons. The smallest absolute Gasteiger partial charge is 0.250 e. The largest absolute Gasteiger partial charge is 0.385 e. The van der Waals surface area contributed by atoms with E-state index in [1.165, 1.54) is 11.3 Å². The Hall–Kier alpha value is -0.470. The molecule has 21 heavy (non-hydrogen) atoms. The van der Waals surface area contributed by atoms with Crippen LogP contribution in [0.3, 0.4) is 0 Å². The van der Waals surface area contributed by atoms with E-state index in [1.807, 2.05) is 13.0 Å². The fourth-order valence-corrected chi connectivity index (χ4v) is 4.48. The molecule has 1 heterocycles. The molecule has 0 saturated heterocycles. The molecule has 1 aromatic heterocycles. The Morgan fingerprint density at radius 2 is 2.10 bits per heavy atom. The zero-order valence-corrected chi connectivity index (χ0v) is 14.6. The lowest BCUT2D eigenvalue weighted by molar-refractivity contribution is 0.188. The van der Waals surface area contributed by atoms with Gasteiger partial charge in [0.1, 0.15) is 4.21 Å². The predicted molar refractivity (Wildman–Crippen MR) is 87.5 cm³/mol. The maximum absolute atomic E-state index is 12.2. The second-order valence-electron chi connectivity index (χ2n) is 5.02. The van der Waals surface area contributed by atoms with Gasteiger partial charge in [-0.3, -0.25) is 0 Å². The maximum atomic E-state index is 12.2. The molecule has 1 unspecified atom stereocenters. The van der Waals surface area contributed by atoms with E-state index in [-0.39, 0.29) is 6.04 Å². The minimum absolute atomic E-state index is 0.133. The fraction of sp³-hybridized carbons (Fsp3) is 0.714. The van der Waals surface area contributed by atoms with Crippen molar-refractivity contribution in [3.63, 3.8) is 0 Å². The fourth-order valence-electron chi connectivity index (χ4n) is 1.83. The summed E-state index contributed by atoms with van der Waals surface area (Å²) < 4.78 is 32.5. The SMILES string of the molecule is CCCNCCc1ccc(S(=O)(=O)NC(C)CCOC)s1. The summed E-state index contributed by atoms with van der Waals surface area (Å²) in [5.41, 5.74) is 0. The third-order valence-corrected chi connectivity index (χ3v) is 6.21. The number of thiophene rings is 1. The van der Waals surface area contributed by atoms with Crippen molar-refractivity contribution in [2.24, 2.45) is 0 Å². The van der Waals surface area contributed by atoms with Gasteiger partial charge in [-0.1, -0.05) is 6.92 Å². The van der Waals surface area contributed by atoms with E-state index in [0.29, 0.717) is 17.2 Å². The highest BCUT2D eigenvalue weighted by molar-refractivity contribution is 7.91. The molecule has 0 aliphatic rings. The van der Waals surface area contributed by atoms with E-state index in [9.17, 15) is 8.42 Å². The van der Waals surface area contributed by atoms with Crippen molar-refractivity contribution in [3.8, 4) is 0 Å². The van der Waals surface area contributed by atoms with Crippen LogP contribution in [-0.2, 0) is 21.2 Å². The number of hydrogen-bond donors (Lipinski definition) is 2. The van der Waals surface area contributed by atoms with Gasteiger partial charge >= 0.3 is 0 Å². The van der Waals surface area contributed by atoms with Crippen LogP contribution in [-0.4, -0.2) is 41.3 Å². The van der Waals surface area contributed by atoms with E-state index in [1.54, 1.807) is 13.2 Å². The van der Waals surface area contributed by atoms with Crippen LogP contribution in [0.25, 0.3) is 0 Å². The Morgan fingerprint density at radius 3 is 2.76 bits per heavy atom. The Kier molecular flexibility index (Phi) is 8.43. The van der Waals surface area contributed by atoms with E-state index >= 15 is 0 Å². The maximum Gasteiger partial charge on any atom is 0.250 e. The zero-order valence-electron chi connectivity index (χ0n) is 13.0. The summed E-state index contributed by atoms with van der Waals surface area (Å²) in [6.45, 7) is 6.39. The molecule has 0 bridgehead atoms. The molecule has 1 aromatic rings. The van der Waals surface area contributed by atoms with Crippen molar-refractivity contribution in [2.45, 2.75) is 43.4 Å². The van der Waals surface area contributed by atoms with Gasteiger partial charge in [0.2, 0.25) is 10.0 Å². The summed E-state index contributed by atoms with van der Waals surface area (Å²) in [4.78, 5) is 1.09. The van der Waals surface area contributed by atoms with Gasteiger partial charge in [-0.05, 0) is 51.4 Å². The number of hydrogen-bond acceptors (Lipinski definition) is 5. The Labute approximate surface area is 132 Å². The van der Waals surface area contributed by atoms with Gasteiger partial charge in [-0.25, -0.2) is 13.1 Å². The Morgan fingerprint density at radius 1 is 1.33 bits per heavy atom. The quantitative estimate of drug-likeness (QED) is 0.607. The number of methoxy groups -OCH3 is 1. The minimum Gasteiger partial charge on any atom is -0.385 e. The van der Waals surface area contributed by atoms with Crippen molar-refractivity contribution >= 4 is 21.4 Å². The third kappa shape index (κ3) is 6.88. The molecule has 0 amide bonds. The normalized spacial score (nSPS) is 13.5. The lowest BCUT2D eigenvalue weighted by atomic mass is 10.3. The summed E-state index contributed by atoms with van der Waals surface area (Å²) in [5.74, 6) is 0. The topological polar surface area (TPSA) is 67.4 Å². The summed E-state index contributed by atoms with van der Waals surface area (Å²) in [7, 11) is -1.80. The number of ether oxygens (including phenoxy) is 1. The molecular formula is C14H26N2O3S2. The van der Waals surface area contributed by atoms with Crippen LogP contribution < -0.4 is 10.0 Å². The van der Waals surface area contributed by atoms with Gasteiger partial charge < -0.3 is 10.1 Å². The summed E-state index contributed by atoms with van der Waals surface area (Å²) in [5, 5.41) is 3.31. The van der Waals surface area contributed by atoms with Gasteiger partial charge in [0.15, 0.2) is 0 Å². The predicted octanol–water partition coefficient (Wildman–Crippen LogP) is 1.99. The minimum atomic E-state index is -3.41. The average Bonchev–Trinajstić information content (AvgIpc) is 2.90. The van der Waals surface area contributed by atoms with Crippen molar-refractivity contribution < 1.29 is 13.2 Å². The highest BCUT2D eigenvalue weighted by Gasteiger charge is 2.19. The first-order valence-corrected chi connectivity index (χ1v) is 9.60. The molecule has 0 saturated carbocycles. The molecule has 0 fully saturated rings. The van der Waals surface area contributed by atoms with Crippen LogP contribution in [0, 0.1) is 0 Å². The van der Waals surface area contributed by atoms with Crippen molar-refractivity contribution in [3.05, 3.63) is 17.0 Å². The van der Waals surface area contributed by atoms with Gasteiger partial charge in [0.05, 0.1) is 0 Å². The van der Waals surface area contributed by atoms with Crippen molar-refractivity contribution in [2.75, 3.05) is 26.8 Å². The first kappa shape index (κ1) is 18.6. The second-order valence-corrected chi connectivity index (χ2v) is 8.13. The average molecular weight is 335 g/mol. The molecule has 0 aromatic carbocycles. The number of rotatable bonds is 11. The summed E-state index contributed by atoms with van der Waals surface area (Å²) in [6.07, 6.45) is 2.63. The van der Waals surface area contributed by atoms with Crippen LogP contribution >= 0.6 is 11.3 Å². The monoisotopic (exact) mass is 334 g/mol. The Balaban J connectivity index is 2.53. The Bertz CT molecular complexity index is 500. The molecule has 0 spiro atoms.